The lowest BCUT2D eigenvalue weighted by Gasteiger charge is -2.16. The van der Waals surface area contributed by atoms with Gasteiger partial charge in [-0.2, -0.15) is 0 Å². The van der Waals surface area contributed by atoms with Crippen LogP contribution in [0, 0.1) is 0 Å². The van der Waals surface area contributed by atoms with Crippen LogP contribution in [0.4, 0.5) is 0 Å². The van der Waals surface area contributed by atoms with Crippen LogP contribution in [0.2, 0.25) is 0 Å². The molecule has 0 spiro atoms. The first-order valence-electron chi connectivity index (χ1n) is 3.53. The molecule has 0 fully saturated rings. The highest BCUT2D eigenvalue weighted by Crippen LogP contribution is 1.88. The van der Waals surface area contributed by atoms with Crippen molar-refractivity contribution in [3.8, 4) is 0 Å². The summed E-state index contributed by atoms with van der Waals surface area (Å²) in [4.78, 5) is 2.13. The Morgan fingerprint density at radius 1 is 1.56 bits per heavy atom. The van der Waals surface area contributed by atoms with Crippen LogP contribution in [-0.2, 0) is 0 Å². The zero-order valence-corrected chi connectivity index (χ0v) is 6.59. The predicted molar refractivity (Wildman–Crippen MR) is 39.5 cm³/mol. The fourth-order valence-electron chi connectivity index (χ4n) is 0.924. The standard InChI is InChI=1S/C7H17NO/c1-4-5-8(3)6-7(2)9/h7,9H,4-6H2,1-3H3. The molecule has 0 rings (SSSR count). The Morgan fingerprint density at radius 3 is 2.44 bits per heavy atom. The summed E-state index contributed by atoms with van der Waals surface area (Å²) in [5, 5.41) is 8.91. The van der Waals surface area contributed by atoms with Crippen molar-refractivity contribution in [3.05, 3.63) is 0 Å². The van der Waals surface area contributed by atoms with Crippen LogP contribution in [0.15, 0.2) is 0 Å². The summed E-state index contributed by atoms with van der Waals surface area (Å²) in [6.45, 7) is 5.81. The second kappa shape index (κ2) is 4.77. The van der Waals surface area contributed by atoms with E-state index in [0.29, 0.717) is 0 Å². The van der Waals surface area contributed by atoms with Crippen LogP contribution in [-0.4, -0.2) is 36.2 Å². The minimum atomic E-state index is -0.193. The van der Waals surface area contributed by atoms with E-state index in [-0.39, 0.29) is 6.10 Å². The summed E-state index contributed by atoms with van der Waals surface area (Å²) in [7, 11) is 2.02. The number of aliphatic hydroxyl groups is 1. The molecule has 1 unspecified atom stereocenters. The lowest BCUT2D eigenvalue weighted by molar-refractivity contribution is 0.141. The average molecular weight is 131 g/mol. The largest absolute Gasteiger partial charge is 0.392 e. The summed E-state index contributed by atoms with van der Waals surface area (Å²) in [5.74, 6) is 0. The van der Waals surface area contributed by atoms with E-state index in [1.165, 1.54) is 0 Å². The molecule has 1 atom stereocenters. The highest BCUT2D eigenvalue weighted by atomic mass is 16.3. The van der Waals surface area contributed by atoms with Gasteiger partial charge in [-0.25, -0.2) is 0 Å². The van der Waals surface area contributed by atoms with Gasteiger partial charge in [0.2, 0.25) is 0 Å². The Hall–Kier alpha value is -0.0800. The summed E-state index contributed by atoms with van der Waals surface area (Å²) in [6, 6.07) is 0. The number of hydrogen-bond donors (Lipinski definition) is 1. The van der Waals surface area contributed by atoms with Crippen molar-refractivity contribution in [1.29, 1.82) is 0 Å². The maximum Gasteiger partial charge on any atom is 0.0638 e. The normalized spacial score (nSPS) is 14.3. The fourth-order valence-corrected chi connectivity index (χ4v) is 0.924. The minimum absolute atomic E-state index is 0.193. The molecule has 0 aromatic carbocycles. The maximum atomic E-state index is 8.91. The Morgan fingerprint density at radius 2 is 2.11 bits per heavy atom. The van der Waals surface area contributed by atoms with Gasteiger partial charge in [0.1, 0.15) is 0 Å². The van der Waals surface area contributed by atoms with Crippen LogP contribution in [0.25, 0.3) is 0 Å². The molecule has 0 saturated carbocycles. The smallest absolute Gasteiger partial charge is 0.0638 e. The first-order valence-corrected chi connectivity index (χ1v) is 3.53. The molecule has 0 aliphatic rings. The molecule has 0 aromatic heterocycles. The molecule has 0 heterocycles. The van der Waals surface area contributed by atoms with Crippen LogP contribution < -0.4 is 0 Å². The Labute approximate surface area is 57.5 Å². The van der Waals surface area contributed by atoms with Gasteiger partial charge >= 0.3 is 0 Å². The van der Waals surface area contributed by atoms with E-state index in [1.54, 1.807) is 0 Å². The second-order valence-corrected chi connectivity index (χ2v) is 2.61. The van der Waals surface area contributed by atoms with Crippen molar-refractivity contribution in [2.45, 2.75) is 26.4 Å². The molecule has 9 heavy (non-hydrogen) atoms. The highest BCUT2D eigenvalue weighted by molar-refractivity contribution is 4.53. The number of rotatable bonds is 4. The Kier molecular flexibility index (Phi) is 4.72. The number of likely N-dealkylation sites (N-methyl/N-ethyl adjacent to an activating group) is 1. The molecule has 0 amide bonds. The molecular weight excluding hydrogens is 114 g/mol. The van der Waals surface area contributed by atoms with Gasteiger partial charge in [0.15, 0.2) is 0 Å². The van der Waals surface area contributed by atoms with Gasteiger partial charge in [-0.05, 0) is 26.9 Å². The second-order valence-electron chi connectivity index (χ2n) is 2.61. The van der Waals surface area contributed by atoms with Crippen LogP contribution in [0.3, 0.4) is 0 Å². The Bertz CT molecular complexity index is 63.9. The third kappa shape index (κ3) is 5.80. The van der Waals surface area contributed by atoms with Crippen molar-refractivity contribution >= 4 is 0 Å². The molecule has 1 N–H and O–H groups in total. The van der Waals surface area contributed by atoms with Gasteiger partial charge in [-0.1, -0.05) is 6.92 Å². The van der Waals surface area contributed by atoms with Gasteiger partial charge in [0, 0.05) is 6.54 Å². The molecule has 0 aromatic rings. The molecule has 0 aliphatic carbocycles. The van der Waals surface area contributed by atoms with E-state index in [9.17, 15) is 0 Å². The SMILES string of the molecule is CCCN(C)CC(C)O. The van der Waals surface area contributed by atoms with E-state index in [2.05, 4.69) is 11.8 Å². The number of nitrogens with zero attached hydrogens (tertiary/aromatic N) is 1. The third-order valence-electron chi connectivity index (χ3n) is 1.18. The third-order valence-corrected chi connectivity index (χ3v) is 1.18. The van der Waals surface area contributed by atoms with Crippen LogP contribution >= 0.6 is 0 Å². The van der Waals surface area contributed by atoms with Crippen molar-refractivity contribution in [2.75, 3.05) is 20.1 Å². The van der Waals surface area contributed by atoms with Gasteiger partial charge in [0.25, 0.3) is 0 Å². The predicted octanol–water partition coefficient (Wildman–Crippen LogP) is 0.709. The van der Waals surface area contributed by atoms with Gasteiger partial charge in [-0.15, -0.1) is 0 Å². The van der Waals surface area contributed by atoms with Crippen molar-refractivity contribution < 1.29 is 5.11 Å². The lowest BCUT2D eigenvalue weighted by atomic mass is 10.3. The van der Waals surface area contributed by atoms with Crippen molar-refractivity contribution in [2.24, 2.45) is 0 Å². The minimum Gasteiger partial charge on any atom is -0.392 e. The van der Waals surface area contributed by atoms with Gasteiger partial charge in [-0.3, -0.25) is 0 Å². The van der Waals surface area contributed by atoms with E-state index in [0.717, 1.165) is 19.5 Å². The summed E-state index contributed by atoms with van der Waals surface area (Å²) < 4.78 is 0. The molecule has 0 saturated heterocycles. The fraction of sp³-hybridized carbons (Fsp3) is 1.00. The molecule has 0 radical (unpaired) electrons. The molecule has 2 heteroatoms. The summed E-state index contributed by atoms with van der Waals surface area (Å²) in [6.07, 6.45) is 0.963. The quantitative estimate of drug-likeness (QED) is 0.607. The van der Waals surface area contributed by atoms with Gasteiger partial charge in [0.05, 0.1) is 6.10 Å². The number of hydrogen-bond acceptors (Lipinski definition) is 2. The molecule has 2 nitrogen and oxygen atoms in total. The average Bonchev–Trinajstić information content (AvgIpc) is 1.63. The molecule has 56 valence electrons. The summed E-state index contributed by atoms with van der Waals surface area (Å²) >= 11 is 0. The van der Waals surface area contributed by atoms with E-state index < -0.39 is 0 Å². The van der Waals surface area contributed by atoms with E-state index in [4.69, 9.17) is 5.11 Å². The highest BCUT2D eigenvalue weighted by Gasteiger charge is 1.99. The zero-order valence-electron chi connectivity index (χ0n) is 6.59. The van der Waals surface area contributed by atoms with Crippen LogP contribution in [0.1, 0.15) is 20.3 Å². The topological polar surface area (TPSA) is 23.5 Å². The first-order chi connectivity index (χ1) is 4.16. The zero-order chi connectivity index (χ0) is 7.28. The first kappa shape index (κ1) is 8.92. The maximum absolute atomic E-state index is 8.91. The van der Waals surface area contributed by atoms with Crippen molar-refractivity contribution in [1.82, 2.24) is 4.90 Å². The summed E-state index contributed by atoms with van der Waals surface area (Å²) in [5.41, 5.74) is 0. The number of aliphatic hydroxyl groups excluding tert-OH is 1. The molecular formula is C7H17NO. The van der Waals surface area contributed by atoms with E-state index >= 15 is 0 Å². The van der Waals surface area contributed by atoms with E-state index in [1.807, 2.05) is 14.0 Å². The molecule has 0 bridgehead atoms. The Balaban J connectivity index is 3.15. The van der Waals surface area contributed by atoms with Gasteiger partial charge < -0.3 is 10.0 Å². The van der Waals surface area contributed by atoms with Crippen molar-refractivity contribution in [3.63, 3.8) is 0 Å². The monoisotopic (exact) mass is 131 g/mol. The lowest BCUT2D eigenvalue weighted by Crippen LogP contribution is -2.27. The molecule has 0 aliphatic heterocycles. The van der Waals surface area contributed by atoms with Crippen LogP contribution in [0.5, 0.6) is 0 Å².